The average molecular weight is 404 g/mol. The predicted molar refractivity (Wildman–Crippen MR) is 124 cm³/mol. The van der Waals surface area contributed by atoms with Crippen LogP contribution in [0.15, 0.2) is 97.0 Å². The van der Waals surface area contributed by atoms with E-state index in [1.165, 1.54) is 17.2 Å². The van der Waals surface area contributed by atoms with E-state index in [9.17, 15) is 0 Å². The van der Waals surface area contributed by atoms with E-state index in [1.807, 2.05) is 10.7 Å². The zero-order valence-corrected chi connectivity index (χ0v) is 17.1. The Labute approximate surface area is 179 Å². The topological polar surface area (TPSA) is 32.0 Å². The van der Waals surface area contributed by atoms with E-state index in [0.717, 1.165) is 34.6 Å². The van der Waals surface area contributed by atoms with Crippen LogP contribution in [-0.4, -0.2) is 32.8 Å². The van der Waals surface area contributed by atoms with E-state index in [0.29, 0.717) is 0 Å². The lowest BCUT2D eigenvalue weighted by Gasteiger charge is -2.25. The molecule has 0 spiro atoms. The molecule has 0 atom stereocenters. The zero-order chi connectivity index (χ0) is 20.5. The highest BCUT2D eigenvalue weighted by atomic mass is 15.7. The molecule has 5 aromatic rings. The van der Waals surface area contributed by atoms with E-state index in [4.69, 9.17) is 0 Å². The first-order chi connectivity index (χ1) is 15.3. The molecule has 0 bridgehead atoms. The Morgan fingerprint density at radius 1 is 0.774 bits per heavy atom. The highest BCUT2D eigenvalue weighted by Gasteiger charge is 2.37. The van der Waals surface area contributed by atoms with Crippen LogP contribution in [0.3, 0.4) is 0 Å². The normalized spacial score (nSPS) is 15.7. The van der Waals surface area contributed by atoms with Gasteiger partial charge in [0.1, 0.15) is 11.5 Å². The Kier molecular flexibility index (Phi) is 3.24. The summed E-state index contributed by atoms with van der Waals surface area (Å²) in [4.78, 5) is 2.35. The van der Waals surface area contributed by atoms with Crippen molar-refractivity contribution in [2.24, 2.45) is 0 Å². The summed E-state index contributed by atoms with van der Waals surface area (Å²) in [5.41, 5.74) is 7.97. The van der Waals surface area contributed by atoms with E-state index >= 15 is 0 Å². The van der Waals surface area contributed by atoms with Crippen LogP contribution in [-0.2, 0) is 0 Å². The number of benzene rings is 3. The van der Waals surface area contributed by atoms with Gasteiger partial charge in [-0.2, -0.15) is 5.10 Å². The Bertz CT molecular complexity index is 1510. The summed E-state index contributed by atoms with van der Waals surface area (Å²) < 4.78 is 4.28. The second-order valence-electron chi connectivity index (χ2n) is 7.98. The minimum atomic E-state index is 0.901. The maximum atomic E-state index is 4.54. The molecule has 7 rings (SSSR count). The fourth-order valence-corrected chi connectivity index (χ4v) is 4.93. The molecule has 0 aliphatic carbocycles. The number of hydrogen-bond donors (Lipinski definition) is 0. The zero-order valence-electron chi connectivity index (χ0n) is 17.1. The van der Waals surface area contributed by atoms with Crippen LogP contribution in [0.1, 0.15) is 0 Å². The van der Waals surface area contributed by atoms with Gasteiger partial charge in [0, 0.05) is 31.0 Å². The second-order valence-corrected chi connectivity index (χ2v) is 7.98. The lowest BCUT2D eigenvalue weighted by Crippen LogP contribution is -2.33. The molecule has 150 valence electrons. The maximum Gasteiger partial charge on any atom is 0.141 e. The molecule has 6 nitrogen and oxygen atoms in total. The number of aromatic nitrogens is 3. The Balaban J connectivity index is 1.44. The van der Waals surface area contributed by atoms with Gasteiger partial charge in [-0.3, -0.25) is 14.5 Å². The molecule has 0 radical (unpaired) electrons. The second kappa shape index (κ2) is 6.00. The first kappa shape index (κ1) is 16.7. The minimum Gasteiger partial charge on any atom is -0.293 e. The molecule has 0 saturated heterocycles. The van der Waals surface area contributed by atoms with Gasteiger partial charge >= 0.3 is 0 Å². The van der Waals surface area contributed by atoms with Crippen LogP contribution in [0, 0.1) is 0 Å². The van der Waals surface area contributed by atoms with Crippen LogP contribution >= 0.6 is 0 Å². The summed E-state index contributed by atoms with van der Waals surface area (Å²) in [6, 6.07) is 27.8. The number of rotatable bonds is 2. The number of imidazole rings is 1. The third kappa shape index (κ3) is 2.17. The number of hydrazine groups is 1. The van der Waals surface area contributed by atoms with Crippen LogP contribution in [0.4, 0.5) is 17.1 Å². The Morgan fingerprint density at radius 2 is 1.55 bits per heavy atom. The summed E-state index contributed by atoms with van der Waals surface area (Å²) in [6.45, 7) is 0.901. The third-order valence-electron chi connectivity index (χ3n) is 6.23. The number of likely N-dealkylation sites (N-methyl/N-ethyl adjacent to an activating group) is 1. The average Bonchev–Trinajstić information content (AvgIpc) is 3.55. The maximum absolute atomic E-state index is 4.54. The van der Waals surface area contributed by atoms with Gasteiger partial charge in [-0.15, -0.1) is 0 Å². The largest absolute Gasteiger partial charge is 0.293 e. The molecule has 3 aromatic carbocycles. The molecule has 2 aliphatic rings. The molecule has 2 aliphatic heterocycles. The molecule has 0 fully saturated rings. The van der Waals surface area contributed by atoms with E-state index in [1.54, 1.807) is 0 Å². The van der Waals surface area contributed by atoms with Crippen LogP contribution in [0.25, 0.3) is 22.4 Å². The molecule has 0 saturated carbocycles. The minimum absolute atomic E-state index is 0.901. The van der Waals surface area contributed by atoms with Crippen molar-refractivity contribution in [2.45, 2.75) is 0 Å². The van der Waals surface area contributed by atoms with Gasteiger partial charge in [-0.1, -0.05) is 30.3 Å². The first-order valence-corrected chi connectivity index (χ1v) is 10.5. The summed E-state index contributed by atoms with van der Waals surface area (Å²) in [5.74, 6) is 1.19. The molecular weight excluding hydrogens is 384 g/mol. The van der Waals surface area contributed by atoms with Gasteiger partial charge in [0.15, 0.2) is 0 Å². The molecule has 4 heterocycles. The van der Waals surface area contributed by atoms with Crippen LogP contribution in [0.5, 0.6) is 0 Å². The van der Waals surface area contributed by atoms with Crippen molar-refractivity contribution >= 4 is 33.7 Å². The van der Waals surface area contributed by atoms with Crippen molar-refractivity contribution in [3.63, 3.8) is 0 Å². The van der Waals surface area contributed by atoms with E-state index in [-0.39, 0.29) is 0 Å². The molecule has 6 heteroatoms. The highest BCUT2D eigenvalue weighted by Crippen LogP contribution is 2.48. The number of hydrogen-bond acceptors (Lipinski definition) is 4. The van der Waals surface area contributed by atoms with Crippen molar-refractivity contribution in [3.05, 3.63) is 97.0 Å². The lowest BCUT2D eigenvalue weighted by molar-refractivity contribution is 0.393. The highest BCUT2D eigenvalue weighted by molar-refractivity contribution is 5.90. The van der Waals surface area contributed by atoms with E-state index in [2.05, 4.69) is 117 Å². The molecule has 31 heavy (non-hydrogen) atoms. The quantitative estimate of drug-likeness (QED) is 0.417. The smallest absolute Gasteiger partial charge is 0.141 e. The van der Waals surface area contributed by atoms with Gasteiger partial charge < -0.3 is 0 Å². The number of fused-ring (bicyclic) bond motifs is 6. The van der Waals surface area contributed by atoms with Gasteiger partial charge in [-0.25, -0.2) is 9.52 Å². The molecular formula is C25H20N6. The summed E-state index contributed by atoms with van der Waals surface area (Å²) in [7, 11) is 2.13. The first-order valence-electron chi connectivity index (χ1n) is 10.5. The molecule has 2 aromatic heterocycles. The fourth-order valence-electron chi connectivity index (χ4n) is 4.93. The van der Waals surface area contributed by atoms with Crippen molar-refractivity contribution in [3.8, 4) is 5.69 Å². The molecule has 0 unspecified atom stereocenters. The number of nitrogens with zero attached hydrogens (tertiary/aromatic N) is 6. The Morgan fingerprint density at radius 3 is 2.45 bits per heavy atom. The standard InChI is InChI=1S/C25H20N6/c1-27-16-14-25-29(21-10-3-5-12-23(21)31(25)27)19-8-6-7-18(17-19)28-20-9-2-4-11-22(20)30-24(28)13-15-26-30/h2-15,17H,16H2,1H3. The SMILES string of the molecule is CN1CC=C2N(c3cccc(-n4c5ccccc5n5nccc45)c3)c3ccccc3N21. The van der Waals surface area contributed by atoms with E-state index < -0.39 is 0 Å². The van der Waals surface area contributed by atoms with Gasteiger partial charge in [-0.05, 0) is 48.5 Å². The van der Waals surface area contributed by atoms with Crippen LogP contribution < -0.4 is 9.91 Å². The van der Waals surface area contributed by atoms with Gasteiger partial charge in [0.2, 0.25) is 0 Å². The van der Waals surface area contributed by atoms with Gasteiger partial charge in [0.05, 0.1) is 28.6 Å². The van der Waals surface area contributed by atoms with Crippen molar-refractivity contribution in [1.82, 2.24) is 19.2 Å². The van der Waals surface area contributed by atoms with Crippen molar-refractivity contribution < 1.29 is 0 Å². The summed E-state index contributed by atoms with van der Waals surface area (Å²) in [5, 5.41) is 9.08. The summed E-state index contributed by atoms with van der Waals surface area (Å²) >= 11 is 0. The number of anilines is 3. The number of para-hydroxylation sites is 4. The predicted octanol–water partition coefficient (Wildman–Crippen LogP) is 4.94. The molecule has 0 amide bonds. The van der Waals surface area contributed by atoms with Crippen molar-refractivity contribution in [2.75, 3.05) is 23.5 Å². The lowest BCUT2D eigenvalue weighted by atomic mass is 10.2. The monoisotopic (exact) mass is 404 g/mol. The van der Waals surface area contributed by atoms with Crippen molar-refractivity contribution in [1.29, 1.82) is 0 Å². The third-order valence-corrected chi connectivity index (χ3v) is 6.23. The summed E-state index contributed by atoms with van der Waals surface area (Å²) in [6.07, 6.45) is 4.14. The fraction of sp³-hybridized carbons (Fsp3) is 0.0800. The van der Waals surface area contributed by atoms with Gasteiger partial charge in [0.25, 0.3) is 0 Å². The Hall–Kier alpha value is -4.03. The van der Waals surface area contributed by atoms with Crippen LogP contribution in [0.2, 0.25) is 0 Å². The molecule has 0 N–H and O–H groups in total.